The van der Waals surface area contributed by atoms with Crippen molar-refractivity contribution >= 4 is 46.2 Å². The van der Waals surface area contributed by atoms with Crippen LogP contribution in [-0.2, 0) is 38.6 Å². The average Bonchev–Trinajstić information content (AvgIpc) is 3.82. The van der Waals surface area contributed by atoms with Gasteiger partial charge in [0, 0.05) is 88.1 Å². The van der Waals surface area contributed by atoms with Crippen LogP contribution in [0.5, 0.6) is 0 Å². The van der Waals surface area contributed by atoms with Crippen LogP contribution in [-0.4, -0.2) is 128 Å². The summed E-state index contributed by atoms with van der Waals surface area (Å²) in [6, 6.07) is 22.0. The van der Waals surface area contributed by atoms with Crippen LogP contribution in [0.3, 0.4) is 0 Å². The van der Waals surface area contributed by atoms with Crippen molar-refractivity contribution in [3.05, 3.63) is 142 Å². The molecule has 0 bridgehead atoms. The van der Waals surface area contributed by atoms with Crippen molar-refractivity contribution in [2.75, 3.05) is 64.3 Å². The number of benzene rings is 3. The number of carbonyl (C=O) groups is 5. The Hall–Kier alpha value is -7.80. The molecular formula is C47H49FN10O8. The zero-order valence-corrected chi connectivity index (χ0v) is 36.5. The van der Waals surface area contributed by atoms with E-state index in [1.807, 2.05) is 31.3 Å². The lowest BCUT2D eigenvalue weighted by Gasteiger charge is -2.36. The van der Waals surface area contributed by atoms with E-state index < -0.39 is 23.7 Å². The number of H-pyrrole nitrogens is 1. The lowest BCUT2D eigenvalue weighted by atomic mass is 10.0. The van der Waals surface area contributed by atoms with Crippen LogP contribution < -0.4 is 16.2 Å². The second kappa shape index (κ2) is 21.7. The van der Waals surface area contributed by atoms with Crippen molar-refractivity contribution in [2.45, 2.75) is 33.4 Å². The van der Waals surface area contributed by atoms with E-state index in [-0.39, 0.29) is 106 Å². The number of aryl methyl sites for hydroxylation is 1. The Kier molecular flexibility index (Phi) is 15.2. The van der Waals surface area contributed by atoms with E-state index >= 15 is 4.39 Å². The fourth-order valence-corrected chi connectivity index (χ4v) is 7.36. The molecule has 5 amide bonds. The maximum atomic E-state index is 15.1. The molecule has 0 aliphatic carbocycles. The van der Waals surface area contributed by atoms with E-state index in [0.29, 0.717) is 34.1 Å². The number of aromatic amines is 1. The number of ether oxygens (including phenoxy) is 2. The van der Waals surface area contributed by atoms with Crippen LogP contribution in [0.1, 0.15) is 51.5 Å². The number of pyridine rings is 1. The maximum absolute atomic E-state index is 15.1. The molecular weight excluding hydrogens is 852 g/mol. The number of nitrogens with zero attached hydrogens (tertiary/aromatic N) is 7. The first kappa shape index (κ1) is 46.2. The first-order valence-corrected chi connectivity index (χ1v) is 21.4. The van der Waals surface area contributed by atoms with E-state index in [2.05, 4.69) is 30.9 Å². The standard InChI is InChI=1S/C47H49FN10O8/c1-3-58-28-35(27-51-58)34-25-41(52-31(2)59)43(50-26-34)45(62)49-15-21-65-22-20-57(47(64)66-30-32-9-5-4-6-10-32)29-42(60)55-16-18-56(19-17-55)46(63)38-23-33(13-14-39(38)48)24-40-36-11-7-8-12-37(36)44(61)54-53-40/h4-14,23,25-28H,3,15-22,24,29-30H2,1-2H3,(H,49,62)(H,52,59)(H,54,61). The van der Waals surface area contributed by atoms with Crippen molar-refractivity contribution < 1.29 is 37.8 Å². The van der Waals surface area contributed by atoms with Gasteiger partial charge in [0.25, 0.3) is 17.4 Å². The van der Waals surface area contributed by atoms with Gasteiger partial charge in [0.1, 0.15) is 19.0 Å². The lowest BCUT2D eigenvalue weighted by molar-refractivity contribution is -0.133. The maximum Gasteiger partial charge on any atom is 0.410 e. The molecule has 3 N–H and O–H groups in total. The first-order chi connectivity index (χ1) is 32.0. The van der Waals surface area contributed by atoms with Gasteiger partial charge in [-0.2, -0.15) is 10.2 Å². The zero-order chi connectivity index (χ0) is 46.6. The highest BCUT2D eigenvalue weighted by Crippen LogP contribution is 2.25. The molecule has 1 fully saturated rings. The number of fused-ring (bicyclic) bond motifs is 1. The van der Waals surface area contributed by atoms with Gasteiger partial charge in [0.2, 0.25) is 11.8 Å². The molecule has 0 spiro atoms. The second-order valence-corrected chi connectivity index (χ2v) is 15.4. The molecule has 1 aliphatic heterocycles. The fourth-order valence-electron chi connectivity index (χ4n) is 7.36. The predicted molar refractivity (Wildman–Crippen MR) is 241 cm³/mol. The largest absolute Gasteiger partial charge is 0.445 e. The number of anilines is 1. The molecule has 18 nitrogen and oxygen atoms in total. The van der Waals surface area contributed by atoms with Gasteiger partial charge < -0.3 is 29.9 Å². The summed E-state index contributed by atoms with van der Waals surface area (Å²) in [5.74, 6) is -2.51. The SMILES string of the molecule is CCn1cc(-c2cnc(C(=O)NCCOCCN(CC(=O)N3CCN(C(=O)c4cc(Cc5n[nH]c(=O)c6ccccc56)ccc4F)CC3)C(=O)OCc3ccccc3)c(NC(C)=O)c2)cn1. The van der Waals surface area contributed by atoms with Gasteiger partial charge in [-0.05, 0) is 42.3 Å². The summed E-state index contributed by atoms with van der Waals surface area (Å²) in [5.41, 5.74) is 3.20. The summed E-state index contributed by atoms with van der Waals surface area (Å²) in [6.07, 6.45) is 4.55. The van der Waals surface area contributed by atoms with E-state index in [9.17, 15) is 28.8 Å². The highest BCUT2D eigenvalue weighted by Gasteiger charge is 2.29. The summed E-state index contributed by atoms with van der Waals surface area (Å²) in [6.45, 7) is 4.27. The Morgan fingerprint density at radius 1 is 0.864 bits per heavy atom. The zero-order valence-electron chi connectivity index (χ0n) is 36.5. The minimum absolute atomic E-state index is 0.000517. The molecule has 3 aromatic heterocycles. The number of nitrogens with one attached hydrogen (secondary N) is 3. The molecule has 0 atom stereocenters. The molecule has 4 heterocycles. The lowest BCUT2D eigenvalue weighted by Crippen LogP contribution is -2.53. The summed E-state index contributed by atoms with van der Waals surface area (Å²) in [4.78, 5) is 86.6. The number of rotatable bonds is 17. The molecule has 342 valence electrons. The minimum atomic E-state index is -0.736. The number of aromatic nitrogens is 5. The molecule has 6 aromatic rings. The topological polar surface area (TPSA) is 214 Å². The van der Waals surface area contributed by atoms with Crippen LogP contribution in [0.15, 0.2) is 102 Å². The number of amides is 5. The van der Waals surface area contributed by atoms with Crippen molar-refractivity contribution in [3.8, 4) is 11.1 Å². The molecule has 1 aliphatic rings. The third-order valence-electron chi connectivity index (χ3n) is 10.9. The van der Waals surface area contributed by atoms with E-state index in [4.69, 9.17) is 9.47 Å². The summed E-state index contributed by atoms with van der Waals surface area (Å²) < 4.78 is 28.2. The van der Waals surface area contributed by atoms with Gasteiger partial charge in [0.05, 0.1) is 41.7 Å². The van der Waals surface area contributed by atoms with Crippen LogP contribution in [0.25, 0.3) is 21.9 Å². The molecule has 3 aromatic carbocycles. The normalized spacial score (nSPS) is 12.5. The summed E-state index contributed by atoms with van der Waals surface area (Å²) in [5, 5.41) is 17.5. The van der Waals surface area contributed by atoms with E-state index in [1.165, 1.54) is 40.0 Å². The molecule has 66 heavy (non-hydrogen) atoms. The number of piperazine rings is 1. The molecule has 19 heteroatoms. The van der Waals surface area contributed by atoms with Crippen LogP contribution >= 0.6 is 0 Å². The predicted octanol–water partition coefficient (Wildman–Crippen LogP) is 4.26. The monoisotopic (exact) mass is 900 g/mol. The third kappa shape index (κ3) is 11.7. The Morgan fingerprint density at radius 3 is 2.35 bits per heavy atom. The first-order valence-electron chi connectivity index (χ1n) is 21.4. The Labute approximate surface area is 378 Å². The average molecular weight is 901 g/mol. The molecule has 1 saturated heterocycles. The van der Waals surface area contributed by atoms with E-state index in [0.717, 1.165) is 11.1 Å². The van der Waals surface area contributed by atoms with Crippen LogP contribution in [0, 0.1) is 5.82 Å². The van der Waals surface area contributed by atoms with Gasteiger partial charge in [-0.15, -0.1) is 0 Å². The van der Waals surface area contributed by atoms with Crippen molar-refractivity contribution in [1.82, 2.24) is 45.0 Å². The van der Waals surface area contributed by atoms with Gasteiger partial charge in [-0.25, -0.2) is 19.3 Å². The fraction of sp³-hybridized carbons (Fsp3) is 0.298. The minimum Gasteiger partial charge on any atom is -0.445 e. The van der Waals surface area contributed by atoms with Gasteiger partial charge in [0.15, 0.2) is 5.69 Å². The Balaban J connectivity index is 0.918. The number of hydrogen-bond acceptors (Lipinski definition) is 11. The van der Waals surface area contributed by atoms with Gasteiger partial charge in [-0.3, -0.25) is 33.6 Å². The number of halogens is 1. The van der Waals surface area contributed by atoms with Gasteiger partial charge >= 0.3 is 6.09 Å². The Bertz CT molecular complexity index is 2770. The molecule has 0 unspecified atom stereocenters. The van der Waals surface area contributed by atoms with Crippen molar-refractivity contribution in [3.63, 3.8) is 0 Å². The quantitative estimate of drug-likeness (QED) is 0.110. The number of carbonyl (C=O) groups excluding carboxylic acids is 5. The molecule has 0 radical (unpaired) electrons. The van der Waals surface area contributed by atoms with Crippen molar-refractivity contribution in [1.29, 1.82) is 0 Å². The molecule has 7 rings (SSSR count). The van der Waals surface area contributed by atoms with E-state index in [1.54, 1.807) is 59.4 Å². The molecule has 0 saturated carbocycles. The van der Waals surface area contributed by atoms with Crippen molar-refractivity contribution in [2.24, 2.45) is 0 Å². The van der Waals surface area contributed by atoms with Crippen LogP contribution in [0.4, 0.5) is 14.9 Å². The third-order valence-corrected chi connectivity index (χ3v) is 10.9. The summed E-state index contributed by atoms with van der Waals surface area (Å²) in [7, 11) is 0. The number of hydrogen-bond donors (Lipinski definition) is 3. The second-order valence-electron chi connectivity index (χ2n) is 15.4. The van der Waals surface area contributed by atoms with Gasteiger partial charge in [-0.1, -0.05) is 54.6 Å². The highest BCUT2D eigenvalue weighted by atomic mass is 19.1. The van der Waals surface area contributed by atoms with Crippen LogP contribution in [0.2, 0.25) is 0 Å². The summed E-state index contributed by atoms with van der Waals surface area (Å²) >= 11 is 0. The smallest absolute Gasteiger partial charge is 0.410 e. The Morgan fingerprint density at radius 2 is 1.61 bits per heavy atom. The highest BCUT2D eigenvalue weighted by molar-refractivity contribution is 6.02.